The third-order valence-electron chi connectivity index (χ3n) is 6.55. The molecule has 0 bridgehead atoms. The van der Waals surface area contributed by atoms with Gasteiger partial charge in [-0.25, -0.2) is 0 Å². The van der Waals surface area contributed by atoms with Gasteiger partial charge >= 0.3 is 0 Å². The van der Waals surface area contributed by atoms with Crippen LogP contribution in [-0.2, 0) is 22.3 Å². The maximum Gasteiger partial charge on any atom is 0.0976 e. The Labute approximate surface area is 215 Å². The number of oxime groups is 2. The molecule has 4 rings (SSSR count). The minimum absolute atomic E-state index is 0.137. The quantitative estimate of drug-likeness (QED) is 0.192. The highest BCUT2D eigenvalue weighted by Gasteiger charge is 2.32. The van der Waals surface area contributed by atoms with Crippen LogP contribution in [0.4, 0.5) is 0 Å². The van der Waals surface area contributed by atoms with E-state index in [9.17, 15) is 0 Å². The summed E-state index contributed by atoms with van der Waals surface area (Å²) in [6.07, 6.45) is 8.81. The second kappa shape index (κ2) is 14.1. The Kier molecular flexibility index (Phi) is 10.5. The van der Waals surface area contributed by atoms with Crippen molar-refractivity contribution >= 4 is 35.1 Å². The second-order valence-corrected chi connectivity index (χ2v) is 11.5. The zero-order valence-corrected chi connectivity index (χ0v) is 21.8. The van der Waals surface area contributed by atoms with Gasteiger partial charge in [0.1, 0.15) is 0 Å². The maximum atomic E-state index is 8.67. The van der Waals surface area contributed by atoms with E-state index in [0.717, 1.165) is 87.9 Å². The Morgan fingerprint density at radius 2 is 1.29 bits per heavy atom. The molecule has 35 heavy (non-hydrogen) atoms. The summed E-state index contributed by atoms with van der Waals surface area (Å²) in [6.45, 7) is 7.55. The molecule has 2 aromatic heterocycles. The molecular formula is C25H36N4O4S2. The summed E-state index contributed by atoms with van der Waals surface area (Å²) >= 11 is 3.38. The topological polar surface area (TPSA) is 90.1 Å². The lowest BCUT2D eigenvalue weighted by molar-refractivity contribution is -0.138. The van der Waals surface area contributed by atoms with Crippen LogP contribution in [0.5, 0.6) is 0 Å². The maximum absolute atomic E-state index is 8.67. The zero-order chi connectivity index (χ0) is 24.3. The van der Waals surface area contributed by atoms with Crippen LogP contribution in [0.2, 0.25) is 0 Å². The Hall–Kier alpha value is -1.82. The van der Waals surface area contributed by atoms with Gasteiger partial charge in [-0.1, -0.05) is 10.3 Å². The highest BCUT2D eigenvalue weighted by atomic mass is 32.1. The highest BCUT2D eigenvalue weighted by molar-refractivity contribution is 7.14. The third-order valence-corrected chi connectivity index (χ3v) is 8.71. The van der Waals surface area contributed by atoms with Gasteiger partial charge in [0.05, 0.1) is 37.9 Å². The van der Waals surface area contributed by atoms with Crippen molar-refractivity contribution < 1.29 is 19.9 Å². The predicted molar refractivity (Wildman–Crippen MR) is 141 cm³/mol. The number of hydrogen-bond donors (Lipinski definition) is 2. The Bertz CT molecular complexity index is 948. The summed E-state index contributed by atoms with van der Waals surface area (Å²) in [4.78, 5) is 9.69. The van der Waals surface area contributed by atoms with E-state index >= 15 is 0 Å². The van der Waals surface area contributed by atoms with Gasteiger partial charge < -0.3 is 19.9 Å². The lowest BCUT2D eigenvalue weighted by Crippen LogP contribution is -2.55. The van der Waals surface area contributed by atoms with E-state index in [2.05, 4.69) is 32.2 Å². The van der Waals surface area contributed by atoms with Crippen molar-refractivity contribution in [1.29, 1.82) is 0 Å². The lowest BCUT2D eigenvalue weighted by Gasteiger charge is -2.41. The second-order valence-electron chi connectivity index (χ2n) is 9.08. The molecule has 0 aromatic carbocycles. The average Bonchev–Trinajstić information content (AvgIpc) is 3.52. The van der Waals surface area contributed by atoms with E-state index in [-0.39, 0.29) is 12.2 Å². The number of morpholine rings is 2. The van der Waals surface area contributed by atoms with Gasteiger partial charge in [0.2, 0.25) is 0 Å². The molecule has 2 atom stereocenters. The van der Waals surface area contributed by atoms with E-state index in [1.165, 1.54) is 28.6 Å². The number of nitrogens with zero attached hydrogens (tertiary/aromatic N) is 4. The van der Waals surface area contributed by atoms with Gasteiger partial charge in [0.25, 0.3) is 0 Å². The van der Waals surface area contributed by atoms with E-state index in [1.807, 2.05) is 12.1 Å². The molecule has 0 aliphatic carbocycles. The van der Waals surface area contributed by atoms with Crippen molar-refractivity contribution in [2.45, 2.75) is 44.3 Å². The largest absolute Gasteiger partial charge is 0.411 e. The molecule has 192 valence electrons. The molecule has 0 amide bonds. The SMILES string of the molecule is O/N=C/c1ccc(CCCCN2CCOC(C3CN(CCCc4ccc(/C=N/O)s4)CCO3)C2)s1. The van der Waals surface area contributed by atoms with Crippen LogP contribution in [-0.4, -0.2) is 97.3 Å². The normalized spacial score (nSPS) is 22.5. The van der Waals surface area contributed by atoms with Crippen molar-refractivity contribution in [2.24, 2.45) is 10.3 Å². The zero-order valence-electron chi connectivity index (χ0n) is 20.1. The summed E-state index contributed by atoms with van der Waals surface area (Å²) in [5.41, 5.74) is 0. The molecule has 4 heterocycles. The fourth-order valence-electron chi connectivity index (χ4n) is 4.74. The van der Waals surface area contributed by atoms with E-state index in [4.69, 9.17) is 19.9 Å². The van der Waals surface area contributed by atoms with Crippen molar-refractivity contribution in [2.75, 3.05) is 52.5 Å². The first-order valence-corrected chi connectivity index (χ1v) is 14.1. The number of ether oxygens (including phenoxy) is 2. The summed E-state index contributed by atoms with van der Waals surface area (Å²) in [6, 6.07) is 8.26. The smallest absolute Gasteiger partial charge is 0.0976 e. The van der Waals surface area contributed by atoms with E-state index in [1.54, 1.807) is 22.7 Å². The van der Waals surface area contributed by atoms with Gasteiger partial charge in [0, 0.05) is 45.7 Å². The van der Waals surface area contributed by atoms with Crippen LogP contribution in [0.15, 0.2) is 34.6 Å². The van der Waals surface area contributed by atoms with Gasteiger partial charge in [0.15, 0.2) is 0 Å². The highest BCUT2D eigenvalue weighted by Crippen LogP contribution is 2.20. The molecule has 10 heteroatoms. The first kappa shape index (κ1) is 26.2. The van der Waals surface area contributed by atoms with Crippen molar-refractivity contribution in [3.05, 3.63) is 43.8 Å². The predicted octanol–water partition coefficient (Wildman–Crippen LogP) is 3.78. The molecule has 2 fully saturated rings. The molecule has 2 aromatic rings. The minimum Gasteiger partial charge on any atom is -0.411 e. The number of thiophene rings is 2. The Balaban J connectivity index is 1.14. The molecule has 0 saturated carbocycles. The van der Waals surface area contributed by atoms with Gasteiger partial charge in [-0.05, 0) is 69.5 Å². The number of unbranched alkanes of at least 4 members (excludes halogenated alkanes) is 1. The lowest BCUT2D eigenvalue weighted by atomic mass is 10.1. The summed E-state index contributed by atoms with van der Waals surface area (Å²) in [7, 11) is 0. The van der Waals surface area contributed by atoms with Crippen LogP contribution >= 0.6 is 22.7 Å². The third kappa shape index (κ3) is 8.37. The van der Waals surface area contributed by atoms with Crippen molar-refractivity contribution in [1.82, 2.24) is 9.80 Å². The summed E-state index contributed by atoms with van der Waals surface area (Å²) in [5, 5.41) is 23.5. The number of hydrogen-bond acceptors (Lipinski definition) is 10. The van der Waals surface area contributed by atoms with Crippen LogP contribution in [0.3, 0.4) is 0 Å². The Morgan fingerprint density at radius 1 is 0.771 bits per heavy atom. The molecule has 2 aliphatic heterocycles. The molecule has 2 unspecified atom stereocenters. The van der Waals surface area contributed by atoms with Gasteiger partial charge in [-0.3, -0.25) is 9.80 Å². The standard InChI is InChI=1S/C25H36N4O4S2/c30-26-16-22-8-6-20(34-22)4-1-2-10-28-12-14-32-24(18-28)25-19-29(13-15-33-25)11-3-5-21-7-9-23(35-21)17-27-31/h6-9,16-17,24-25,30-31H,1-5,10-15,18-19H2/b26-16+,27-17+. The van der Waals surface area contributed by atoms with Crippen LogP contribution in [0, 0.1) is 0 Å². The fourth-order valence-corrected chi connectivity index (χ4v) is 6.58. The van der Waals surface area contributed by atoms with E-state index in [0.29, 0.717) is 0 Å². The molecular weight excluding hydrogens is 484 g/mol. The monoisotopic (exact) mass is 520 g/mol. The fraction of sp³-hybridized carbons (Fsp3) is 0.600. The van der Waals surface area contributed by atoms with Crippen LogP contribution < -0.4 is 0 Å². The molecule has 0 radical (unpaired) electrons. The summed E-state index contributed by atoms with van der Waals surface area (Å²) < 4.78 is 12.3. The van der Waals surface area contributed by atoms with E-state index < -0.39 is 0 Å². The van der Waals surface area contributed by atoms with Gasteiger partial charge in [-0.15, -0.1) is 22.7 Å². The number of rotatable bonds is 12. The molecule has 0 spiro atoms. The molecule has 8 nitrogen and oxygen atoms in total. The molecule has 2 aliphatic rings. The van der Waals surface area contributed by atoms with Crippen molar-refractivity contribution in [3.8, 4) is 0 Å². The minimum atomic E-state index is 0.137. The van der Waals surface area contributed by atoms with Gasteiger partial charge in [-0.2, -0.15) is 0 Å². The average molecular weight is 521 g/mol. The van der Waals surface area contributed by atoms with Crippen LogP contribution in [0.25, 0.3) is 0 Å². The first-order chi connectivity index (χ1) is 17.2. The molecule has 2 N–H and O–H groups in total. The Morgan fingerprint density at radius 3 is 1.83 bits per heavy atom. The first-order valence-electron chi connectivity index (χ1n) is 12.4. The molecule has 2 saturated heterocycles. The van der Waals surface area contributed by atoms with Crippen LogP contribution in [0.1, 0.15) is 38.8 Å². The summed E-state index contributed by atoms with van der Waals surface area (Å²) in [5.74, 6) is 0. The number of aryl methyl sites for hydroxylation is 2. The van der Waals surface area contributed by atoms with Crippen molar-refractivity contribution in [3.63, 3.8) is 0 Å².